The van der Waals surface area contributed by atoms with Gasteiger partial charge in [-0.3, -0.25) is 4.98 Å². The lowest BCUT2D eigenvalue weighted by Crippen LogP contribution is -2.17. The summed E-state index contributed by atoms with van der Waals surface area (Å²) in [6, 6.07) is 0. The van der Waals surface area contributed by atoms with Crippen molar-refractivity contribution >= 4 is 0 Å². The van der Waals surface area contributed by atoms with Crippen molar-refractivity contribution in [1.82, 2.24) is 4.98 Å². The number of alkyl halides is 5. The average Bonchev–Trinajstić information content (AvgIpc) is 2.14. The Hall–Kier alpha value is -1.24. The van der Waals surface area contributed by atoms with Crippen LogP contribution < -0.4 is 5.73 Å². The first-order valence-electron chi connectivity index (χ1n) is 4.32. The number of pyridine rings is 1. The Morgan fingerprint density at radius 3 is 2.31 bits per heavy atom. The monoisotopic (exact) mass is 240 g/mol. The first kappa shape index (κ1) is 12.8. The van der Waals surface area contributed by atoms with Crippen molar-refractivity contribution < 1.29 is 22.0 Å². The molecule has 1 aromatic heterocycles. The zero-order valence-corrected chi connectivity index (χ0v) is 8.28. The van der Waals surface area contributed by atoms with E-state index in [1.54, 1.807) is 0 Å². The molecule has 0 unspecified atom stereocenters. The summed E-state index contributed by atoms with van der Waals surface area (Å²) in [5, 5.41) is 0. The van der Waals surface area contributed by atoms with Gasteiger partial charge in [0.15, 0.2) is 0 Å². The van der Waals surface area contributed by atoms with E-state index >= 15 is 0 Å². The van der Waals surface area contributed by atoms with Crippen LogP contribution in [0.4, 0.5) is 22.0 Å². The fourth-order valence-corrected chi connectivity index (χ4v) is 1.46. The molecule has 2 nitrogen and oxygen atoms in total. The standard InChI is InChI=1S/C9H9F5N2/c1-4-7(9(12,13)14)5(2-15)6(3-16-4)8(10)11/h3,8H,2,15H2,1H3. The lowest BCUT2D eigenvalue weighted by Gasteiger charge is -2.17. The van der Waals surface area contributed by atoms with E-state index in [4.69, 9.17) is 5.73 Å². The smallest absolute Gasteiger partial charge is 0.326 e. The number of rotatable bonds is 2. The number of halogens is 5. The maximum Gasteiger partial charge on any atom is 0.418 e. The number of nitrogens with two attached hydrogens (primary N) is 1. The van der Waals surface area contributed by atoms with E-state index in [0.717, 1.165) is 13.1 Å². The molecule has 0 aliphatic heterocycles. The lowest BCUT2D eigenvalue weighted by molar-refractivity contribution is -0.139. The van der Waals surface area contributed by atoms with E-state index in [0.29, 0.717) is 0 Å². The van der Waals surface area contributed by atoms with Crippen LogP contribution in [-0.4, -0.2) is 4.98 Å². The fraction of sp³-hybridized carbons (Fsp3) is 0.444. The van der Waals surface area contributed by atoms with Crippen molar-refractivity contribution in [2.24, 2.45) is 5.73 Å². The molecule has 90 valence electrons. The van der Waals surface area contributed by atoms with Crippen molar-refractivity contribution in [1.29, 1.82) is 0 Å². The minimum absolute atomic E-state index is 0.350. The van der Waals surface area contributed by atoms with Gasteiger partial charge in [0.2, 0.25) is 0 Å². The summed E-state index contributed by atoms with van der Waals surface area (Å²) in [7, 11) is 0. The van der Waals surface area contributed by atoms with Crippen LogP contribution in [0.2, 0.25) is 0 Å². The number of hydrogen-bond donors (Lipinski definition) is 1. The summed E-state index contributed by atoms with van der Waals surface area (Å²) in [5.74, 6) is 0. The molecule has 0 fully saturated rings. The van der Waals surface area contributed by atoms with Crippen LogP contribution in [0.15, 0.2) is 6.20 Å². The highest BCUT2D eigenvalue weighted by molar-refractivity contribution is 5.38. The largest absolute Gasteiger partial charge is 0.418 e. The minimum atomic E-state index is -4.73. The average molecular weight is 240 g/mol. The van der Waals surface area contributed by atoms with Crippen molar-refractivity contribution in [3.8, 4) is 0 Å². The lowest BCUT2D eigenvalue weighted by atomic mass is 10.0. The van der Waals surface area contributed by atoms with Crippen molar-refractivity contribution in [3.63, 3.8) is 0 Å². The molecule has 16 heavy (non-hydrogen) atoms. The third kappa shape index (κ3) is 2.29. The van der Waals surface area contributed by atoms with E-state index in [1.165, 1.54) is 0 Å². The van der Waals surface area contributed by atoms with Gasteiger partial charge in [0, 0.05) is 24.0 Å². The van der Waals surface area contributed by atoms with Crippen LogP contribution in [0.3, 0.4) is 0 Å². The second-order valence-electron chi connectivity index (χ2n) is 3.16. The zero-order valence-electron chi connectivity index (χ0n) is 8.28. The Morgan fingerprint density at radius 1 is 1.38 bits per heavy atom. The fourth-order valence-electron chi connectivity index (χ4n) is 1.46. The quantitative estimate of drug-likeness (QED) is 0.807. The molecule has 0 radical (unpaired) electrons. The summed E-state index contributed by atoms with van der Waals surface area (Å²) in [5.41, 5.74) is 2.23. The van der Waals surface area contributed by atoms with Gasteiger partial charge in [-0.25, -0.2) is 8.78 Å². The predicted octanol–water partition coefficient (Wildman–Crippen LogP) is 2.81. The molecule has 0 spiro atoms. The molecular formula is C9H9F5N2. The van der Waals surface area contributed by atoms with Crippen molar-refractivity contribution in [2.75, 3.05) is 0 Å². The molecule has 0 aliphatic rings. The maximum absolute atomic E-state index is 12.6. The summed E-state index contributed by atoms with van der Waals surface area (Å²) in [4.78, 5) is 3.32. The first-order valence-corrected chi connectivity index (χ1v) is 4.32. The number of aromatic nitrogens is 1. The number of nitrogens with zero attached hydrogens (tertiary/aromatic N) is 1. The highest BCUT2D eigenvalue weighted by atomic mass is 19.4. The molecule has 0 amide bonds. The predicted molar refractivity (Wildman–Crippen MR) is 46.8 cm³/mol. The van der Waals surface area contributed by atoms with Crippen LogP contribution >= 0.6 is 0 Å². The van der Waals surface area contributed by atoms with Gasteiger partial charge < -0.3 is 5.73 Å². The molecule has 1 rings (SSSR count). The van der Waals surface area contributed by atoms with Gasteiger partial charge >= 0.3 is 6.18 Å². The van der Waals surface area contributed by atoms with Gasteiger partial charge in [-0.15, -0.1) is 0 Å². The van der Waals surface area contributed by atoms with E-state index in [2.05, 4.69) is 4.98 Å². The molecule has 2 N–H and O–H groups in total. The van der Waals surface area contributed by atoms with Gasteiger partial charge in [0.05, 0.1) is 5.56 Å². The van der Waals surface area contributed by atoms with E-state index in [1.807, 2.05) is 0 Å². The van der Waals surface area contributed by atoms with Crippen molar-refractivity contribution in [2.45, 2.75) is 26.1 Å². The van der Waals surface area contributed by atoms with Gasteiger partial charge in [0.1, 0.15) is 0 Å². The minimum Gasteiger partial charge on any atom is -0.326 e. The second-order valence-corrected chi connectivity index (χ2v) is 3.16. The van der Waals surface area contributed by atoms with Crippen LogP contribution in [0.1, 0.15) is 28.8 Å². The summed E-state index contributed by atoms with van der Waals surface area (Å²) in [6.07, 6.45) is -7.01. The van der Waals surface area contributed by atoms with Crippen LogP contribution in [0.5, 0.6) is 0 Å². The normalized spacial score (nSPS) is 12.2. The summed E-state index contributed by atoms with van der Waals surface area (Å²) < 4.78 is 62.7. The number of aryl methyl sites for hydroxylation is 1. The Bertz CT molecular complexity index is 386. The Kier molecular flexibility index (Phi) is 3.47. The SMILES string of the molecule is Cc1ncc(C(F)F)c(CN)c1C(F)(F)F. The molecule has 0 saturated heterocycles. The molecular weight excluding hydrogens is 231 g/mol. The van der Waals surface area contributed by atoms with Gasteiger partial charge in [-0.2, -0.15) is 13.2 Å². The van der Waals surface area contributed by atoms with Gasteiger partial charge in [-0.05, 0) is 12.5 Å². The molecule has 1 aromatic rings. The van der Waals surface area contributed by atoms with E-state index in [9.17, 15) is 22.0 Å². The highest BCUT2D eigenvalue weighted by Crippen LogP contribution is 2.37. The van der Waals surface area contributed by atoms with Crippen LogP contribution in [0, 0.1) is 6.92 Å². The van der Waals surface area contributed by atoms with E-state index < -0.39 is 35.8 Å². The Balaban J connectivity index is 3.51. The van der Waals surface area contributed by atoms with Crippen LogP contribution in [0.25, 0.3) is 0 Å². The van der Waals surface area contributed by atoms with E-state index in [-0.39, 0.29) is 5.69 Å². The Morgan fingerprint density at radius 2 is 1.94 bits per heavy atom. The number of hydrogen-bond acceptors (Lipinski definition) is 2. The summed E-state index contributed by atoms with van der Waals surface area (Å²) >= 11 is 0. The third-order valence-electron chi connectivity index (χ3n) is 2.13. The maximum atomic E-state index is 12.6. The van der Waals surface area contributed by atoms with Gasteiger partial charge in [-0.1, -0.05) is 0 Å². The highest BCUT2D eigenvalue weighted by Gasteiger charge is 2.37. The first-order chi connectivity index (χ1) is 7.29. The molecule has 0 bridgehead atoms. The molecule has 7 heteroatoms. The van der Waals surface area contributed by atoms with Crippen molar-refractivity contribution in [3.05, 3.63) is 28.6 Å². The molecule has 0 aromatic carbocycles. The molecule has 1 heterocycles. The summed E-state index contributed by atoms with van der Waals surface area (Å²) in [6.45, 7) is 0.509. The zero-order chi connectivity index (χ0) is 12.5. The molecule has 0 atom stereocenters. The van der Waals surface area contributed by atoms with Crippen LogP contribution in [-0.2, 0) is 12.7 Å². The molecule has 0 aliphatic carbocycles. The second kappa shape index (κ2) is 4.32. The third-order valence-corrected chi connectivity index (χ3v) is 2.13. The van der Waals surface area contributed by atoms with Gasteiger partial charge in [0.25, 0.3) is 6.43 Å². The topological polar surface area (TPSA) is 38.9 Å². The Labute approximate surface area is 88.3 Å². The molecule has 0 saturated carbocycles.